The number of rotatable bonds is 4. The largest absolute Gasteiger partial charge is 0.434 e. The normalized spacial score (nSPS) is 13.4. The monoisotopic (exact) mass is 276 g/mol. The van der Waals surface area contributed by atoms with Crippen LogP contribution in [0.5, 0.6) is 0 Å². The lowest BCUT2D eigenvalue weighted by atomic mass is 10.1. The van der Waals surface area contributed by atoms with Crippen LogP contribution in [-0.2, 0) is 6.18 Å². The van der Waals surface area contributed by atoms with Crippen LogP contribution >= 0.6 is 0 Å². The van der Waals surface area contributed by atoms with E-state index in [1.54, 1.807) is 13.8 Å². The molecule has 0 aliphatic heterocycles. The molecule has 106 valence electrons. The fourth-order valence-electron chi connectivity index (χ4n) is 1.34. The van der Waals surface area contributed by atoms with Crippen molar-refractivity contribution in [3.63, 3.8) is 0 Å². The van der Waals surface area contributed by atoms with E-state index in [4.69, 9.17) is 0 Å². The lowest BCUT2D eigenvalue weighted by Gasteiger charge is -2.16. The fourth-order valence-corrected chi connectivity index (χ4v) is 1.34. The standard InChI is InChI=1S/C12H15F3N2O2/c1-7(2)9(18)6-17-11(19)8-4-3-5-16-10(8)12(13,14)15/h3-5,7,9,18H,6H2,1-2H3,(H,17,19). The van der Waals surface area contributed by atoms with Crippen LogP contribution in [-0.4, -0.2) is 28.6 Å². The van der Waals surface area contributed by atoms with Crippen LogP contribution in [0, 0.1) is 5.92 Å². The van der Waals surface area contributed by atoms with Gasteiger partial charge in [0.15, 0.2) is 5.69 Å². The third-order valence-electron chi connectivity index (χ3n) is 2.56. The molecule has 1 aromatic rings. The van der Waals surface area contributed by atoms with Gasteiger partial charge in [-0.05, 0) is 18.1 Å². The Morgan fingerprint density at radius 1 is 1.47 bits per heavy atom. The van der Waals surface area contributed by atoms with Crippen LogP contribution in [0.2, 0.25) is 0 Å². The molecule has 4 nitrogen and oxygen atoms in total. The highest BCUT2D eigenvalue weighted by Crippen LogP contribution is 2.29. The average molecular weight is 276 g/mol. The fraction of sp³-hybridized carbons (Fsp3) is 0.500. The van der Waals surface area contributed by atoms with Gasteiger partial charge in [0.2, 0.25) is 0 Å². The second-order valence-corrected chi connectivity index (χ2v) is 4.42. The Morgan fingerprint density at radius 2 is 2.11 bits per heavy atom. The van der Waals surface area contributed by atoms with E-state index in [2.05, 4.69) is 10.3 Å². The van der Waals surface area contributed by atoms with Gasteiger partial charge >= 0.3 is 6.18 Å². The van der Waals surface area contributed by atoms with E-state index in [0.29, 0.717) is 0 Å². The summed E-state index contributed by atoms with van der Waals surface area (Å²) in [4.78, 5) is 14.9. The Balaban J connectivity index is 2.83. The van der Waals surface area contributed by atoms with E-state index in [-0.39, 0.29) is 12.5 Å². The van der Waals surface area contributed by atoms with Gasteiger partial charge in [-0.1, -0.05) is 13.8 Å². The number of aromatic nitrogens is 1. The molecule has 7 heteroatoms. The Hall–Kier alpha value is -1.63. The summed E-state index contributed by atoms with van der Waals surface area (Å²) in [6.45, 7) is 3.37. The Bertz CT molecular complexity index is 447. The molecule has 0 fully saturated rings. The van der Waals surface area contributed by atoms with Crippen molar-refractivity contribution >= 4 is 5.91 Å². The molecule has 0 aliphatic rings. The molecule has 1 unspecified atom stereocenters. The number of nitrogens with one attached hydrogen (secondary N) is 1. The number of pyridine rings is 1. The van der Waals surface area contributed by atoms with Gasteiger partial charge in [-0.15, -0.1) is 0 Å². The number of aliphatic hydroxyl groups is 1. The molecule has 0 aliphatic carbocycles. The maximum atomic E-state index is 12.6. The van der Waals surface area contributed by atoms with Crippen molar-refractivity contribution in [2.24, 2.45) is 5.92 Å². The summed E-state index contributed by atoms with van der Waals surface area (Å²) >= 11 is 0. The van der Waals surface area contributed by atoms with E-state index >= 15 is 0 Å². The van der Waals surface area contributed by atoms with E-state index in [1.807, 2.05) is 0 Å². The average Bonchev–Trinajstić information content (AvgIpc) is 2.34. The van der Waals surface area contributed by atoms with Gasteiger partial charge in [0, 0.05) is 12.7 Å². The first kappa shape index (κ1) is 15.4. The van der Waals surface area contributed by atoms with Gasteiger partial charge in [-0.25, -0.2) is 0 Å². The summed E-state index contributed by atoms with van der Waals surface area (Å²) in [5.41, 5.74) is -1.78. The number of carbonyl (C=O) groups is 1. The van der Waals surface area contributed by atoms with E-state index in [9.17, 15) is 23.1 Å². The molecule has 1 atom stereocenters. The Labute approximate surface area is 108 Å². The molecule has 19 heavy (non-hydrogen) atoms. The highest BCUT2D eigenvalue weighted by molar-refractivity contribution is 5.95. The lowest BCUT2D eigenvalue weighted by Crippen LogP contribution is -2.35. The summed E-state index contributed by atoms with van der Waals surface area (Å²) in [5, 5.41) is 11.8. The second kappa shape index (κ2) is 6.01. The summed E-state index contributed by atoms with van der Waals surface area (Å²) < 4.78 is 37.9. The van der Waals surface area contributed by atoms with Crippen LogP contribution in [0.3, 0.4) is 0 Å². The number of hydrogen-bond donors (Lipinski definition) is 2. The minimum atomic E-state index is -4.69. The molecular weight excluding hydrogens is 261 g/mol. The molecule has 0 saturated heterocycles. The number of hydrogen-bond acceptors (Lipinski definition) is 3. The van der Waals surface area contributed by atoms with Gasteiger partial charge in [0.05, 0.1) is 11.7 Å². The van der Waals surface area contributed by atoms with E-state index in [1.165, 1.54) is 6.07 Å². The molecule has 1 heterocycles. The van der Waals surface area contributed by atoms with Crippen molar-refractivity contribution in [2.75, 3.05) is 6.54 Å². The predicted octanol–water partition coefficient (Wildman–Crippen LogP) is 1.85. The number of amides is 1. The van der Waals surface area contributed by atoms with Gasteiger partial charge < -0.3 is 10.4 Å². The molecule has 0 saturated carbocycles. The first-order valence-electron chi connectivity index (χ1n) is 5.72. The van der Waals surface area contributed by atoms with Gasteiger partial charge in [0.25, 0.3) is 5.91 Å². The Morgan fingerprint density at radius 3 is 2.63 bits per heavy atom. The number of alkyl halides is 3. The maximum Gasteiger partial charge on any atom is 0.434 e. The smallest absolute Gasteiger partial charge is 0.391 e. The molecule has 0 spiro atoms. The van der Waals surface area contributed by atoms with Crippen molar-refractivity contribution in [1.82, 2.24) is 10.3 Å². The van der Waals surface area contributed by atoms with Crippen molar-refractivity contribution in [3.8, 4) is 0 Å². The SMILES string of the molecule is CC(C)C(O)CNC(=O)c1cccnc1C(F)(F)F. The van der Waals surface area contributed by atoms with Crippen LogP contribution in [0.1, 0.15) is 29.9 Å². The van der Waals surface area contributed by atoms with Gasteiger partial charge in [-0.2, -0.15) is 13.2 Å². The summed E-state index contributed by atoms with van der Waals surface area (Å²) in [7, 11) is 0. The first-order chi connectivity index (χ1) is 8.73. The maximum absolute atomic E-state index is 12.6. The van der Waals surface area contributed by atoms with Crippen LogP contribution in [0.15, 0.2) is 18.3 Å². The zero-order valence-electron chi connectivity index (χ0n) is 10.5. The van der Waals surface area contributed by atoms with Crippen molar-refractivity contribution < 1.29 is 23.1 Å². The predicted molar refractivity (Wildman–Crippen MR) is 62.4 cm³/mol. The van der Waals surface area contributed by atoms with Crippen LogP contribution in [0.4, 0.5) is 13.2 Å². The molecule has 0 radical (unpaired) electrons. The van der Waals surface area contributed by atoms with Crippen LogP contribution in [0.25, 0.3) is 0 Å². The second-order valence-electron chi connectivity index (χ2n) is 4.42. The molecule has 2 N–H and O–H groups in total. The first-order valence-corrected chi connectivity index (χ1v) is 5.72. The summed E-state index contributed by atoms with van der Waals surface area (Å²) in [5.74, 6) is -1.00. The minimum Gasteiger partial charge on any atom is -0.391 e. The lowest BCUT2D eigenvalue weighted by molar-refractivity contribution is -0.141. The van der Waals surface area contributed by atoms with Crippen molar-refractivity contribution in [1.29, 1.82) is 0 Å². The van der Waals surface area contributed by atoms with Gasteiger partial charge in [-0.3, -0.25) is 9.78 Å². The summed E-state index contributed by atoms with van der Waals surface area (Å²) in [6.07, 6.45) is -4.53. The summed E-state index contributed by atoms with van der Waals surface area (Å²) in [6, 6.07) is 2.30. The zero-order valence-corrected chi connectivity index (χ0v) is 10.5. The van der Waals surface area contributed by atoms with Crippen molar-refractivity contribution in [2.45, 2.75) is 26.1 Å². The highest BCUT2D eigenvalue weighted by Gasteiger charge is 2.36. The number of halogens is 3. The number of aliphatic hydroxyl groups excluding tert-OH is 1. The van der Waals surface area contributed by atoms with Crippen molar-refractivity contribution in [3.05, 3.63) is 29.6 Å². The van der Waals surface area contributed by atoms with Gasteiger partial charge in [0.1, 0.15) is 0 Å². The van der Waals surface area contributed by atoms with Crippen LogP contribution < -0.4 is 5.32 Å². The van der Waals surface area contributed by atoms with E-state index < -0.39 is 29.4 Å². The topological polar surface area (TPSA) is 62.2 Å². The molecule has 1 aromatic heterocycles. The van der Waals surface area contributed by atoms with E-state index in [0.717, 1.165) is 12.3 Å². The number of nitrogens with zero attached hydrogens (tertiary/aromatic N) is 1. The zero-order chi connectivity index (χ0) is 14.6. The molecule has 1 rings (SSSR count). The molecule has 0 aromatic carbocycles. The molecule has 0 bridgehead atoms. The minimum absolute atomic E-state index is 0.101. The highest BCUT2D eigenvalue weighted by atomic mass is 19.4. The number of carbonyl (C=O) groups excluding carboxylic acids is 1. The quantitative estimate of drug-likeness (QED) is 0.882. The Kier molecular flexibility index (Phi) is 4.88. The third kappa shape index (κ3) is 4.20. The molecular formula is C12H15F3N2O2. The third-order valence-corrected chi connectivity index (χ3v) is 2.56. The molecule has 1 amide bonds.